The fraction of sp³-hybridized carbons (Fsp3) is 0.0870. The lowest BCUT2D eigenvalue weighted by atomic mass is 9.98. The molecule has 0 aliphatic rings. The third-order valence-corrected chi connectivity index (χ3v) is 6.59. The fourth-order valence-corrected chi connectivity index (χ4v) is 4.26. The van der Waals surface area contributed by atoms with Crippen LogP contribution >= 0.6 is 11.8 Å². The minimum atomic E-state index is -3.31. The first-order chi connectivity index (χ1) is 13.9. The maximum Gasteiger partial charge on any atom is 0.201 e. The average molecular weight is 423 g/mol. The van der Waals surface area contributed by atoms with Crippen molar-refractivity contribution in [3.8, 4) is 22.5 Å². The van der Waals surface area contributed by atoms with Gasteiger partial charge in [-0.2, -0.15) is 0 Å². The highest BCUT2D eigenvalue weighted by atomic mass is 32.2. The van der Waals surface area contributed by atoms with Gasteiger partial charge in [-0.3, -0.25) is 4.79 Å². The molecule has 0 amide bonds. The van der Waals surface area contributed by atoms with Crippen LogP contribution in [0.15, 0.2) is 91.8 Å². The number of fused-ring (bicyclic) bond motifs is 1. The Kier molecular flexibility index (Phi) is 5.06. The predicted molar refractivity (Wildman–Crippen MR) is 118 cm³/mol. The lowest BCUT2D eigenvalue weighted by molar-refractivity contribution is 0.601. The molecule has 0 saturated heterocycles. The molecule has 1 heterocycles. The number of sulfone groups is 1. The second-order valence-electron chi connectivity index (χ2n) is 6.66. The van der Waals surface area contributed by atoms with Crippen molar-refractivity contribution >= 4 is 32.6 Å². The van der Waals surface area contributed by atoms with Gasteiger partial charge in [-0.1, -0.05) is 24.3 Å². The molecule has 6 heteroatoms. The van der Waals surface area contributed by atoms with E-state index in [4.69, 9.17) is 4.42 Å². The van der Waals surface area contributed by atoms with Crippen LogP contribution in [-0.2, 0) is 9.84 Å². The molecule has 0 bridgehead atoms. The van der Waals surface area contributed by atoms with Crippen LogP contribution in [0.1, 0.15) is 0 Å². The summed E-state index contributed by atoms with van der Waals surface area (Å²) in [6.45, 7) is 0. The maximum atomic E-state index is 13.3. The molecule has 4 nitrogen and oxygen atoms in total. The number of hydrogen-bond acceptors (Lipinski definition) is 5. The van der Waals surface area contributed by atoms with Crippen molar-refractivity contribution in [1.82, 2.24) is 0 Å². The van der Waals surface area contributed by atoms with Crippen molar-refractivity contribution in [2.45, 2.75) is 9.79 Å². The zero-order valence-corrected chi connectivity index (χ0v) is 17.5. The lowest BCUT2D eigenvalue weighted by Gasteiger charge is -2.11. The molecule has 0 aliphatic carbocycles. The summed E-state index contributed by atoms with van der Waals surface area (Å²) in [6, 6.07) is 21.3. The van der Waals surface area contributed by atoms with E-state index >= 15 is 0 Å². The second-order valence-corrected chi connectivity index (χ2v) is 9.55. The fourth-order valence-electron chi connectivity index (χ4n) is 3.22. The summed E-state index contributed by atoms with van der Waals surface area (Å²) >= 11 is 1.63. The first-order valence-corrected chi connectivity index (χ1v) is 12.0. The van der Waals surface area contributed by atoms with Crippen LogP contribution < -0.4 is 5.43 Å². The number of rotatable bonds is 4. The predicted octanol–water partition coefficient (Wildman–Crippen LogP) is 5.25. The van der Waals surface area contributed by atoms with Crippen LogP contribution in [0, 0.1) is 0 Å². The van der Waals surface area contributed by atoms with Gasteiger partial charge in [0.15, 0.2) is 9.84 Å². The Morgan fingerprint density at radius 3 is 2.07 bits per heavy atom. The number of para-hydroxylation sites is 1. The number of thioether (sulfide) groups is 1. The molecule has 0 N–H and O–H groups in total. The first kappa shape index (κ1) is 19.5. The third-order valence-electron chi connectivity index (χ3n) is 4.72. The van der Waals surface area contributed by atoms with Gasteiger partial charge in [0.1, 0.15) is 11.3 Å². The standard InChI is InChI=1S/C23H18O4S2/c1-28-17-11-7-15(8-12-17)21-22(24)19-5-3-4-6-20(19)27-23(21)16-9-13-18(14-10-16)29(2,25)26/h3-14H,1-2H3. The quantitative estimate of drug-likeness (QED) is 0.420. The summed E-state index contributed by atoms with van der Waals surface area (Å²) in [6.07, 6.45) is 3.16. The van der Waals surface area contributed by atoms with Crippen LogP contribution in [0.2, 0.25) is 0 Å². The Morgan fingerprint density at radius 2 is 1.45 bits per heavy atom. The normalized spacial score (nSPS) is 11.7. The summed E-state index contributed by atoms with van der Waals surface area (Å²) < 4.78 is 29.7. The Balaban J connectivity index is 2.00. The summed E-state index contributed by atoms with van der Waals surface area (Å²) in [5.74, 6) is 0.422. The molecular formula is C23H18O4S2. The molecule has 0 fully saturated rings. The van der Waals surface area contributed by atoms with E-state index in [9.17, 15) is 13.2 Å². The molecule has 146 valence electrons. The van der Waals surface area contributed by atoms with Gasteiger partial charge in [-0.25, -0.2) is 8.42 Å². The minimum absolute atomic E-state index is 0.119. The van der Waals surface area contributed by atoms with E-state index in [1.165, 1.54) is 12.1 Å². The molecule has 4 aromatic rings. The number of hydrogen-bond donors (Lipinski definition) is 0. The Morgan fingerprint density at radius 1 is 0.828 bits per heavy atom. The minimum Gasteiger partial charge on any atom is -0.455 e. The van der Waals surface area contributed by atoms with E-state index in [2.05, 4.69) is 0 Å². The summed E-state index contributed by atoms with van der Waals surface area (Å²) in [4.78, 5) is 14.7. The van der Waals surface area contributed by atoms with E-state index in [0.717, 1.165) is 16.7 Å². The zero-order valence-electron chi connectivity index (χ0n) is 15.9. The molecule has 3 aromatic carbocycles. The average Bonchev–Trinajstić information content (AvgIpc) is 2.73. The van der Waals surface area contributed by atoms with Gasteiger partial charge in [-0.05, 0) is 60.4 Å². The molecule has 0 radical (unpaired) electrons. The van der Waals surface area contributed by atoms with Crippen LogP contribution in [0.3, 0.4) is 0 Å². The topological polar surface area (TPSA) is 64.3 Å². The van der Waals surface area contributed by atoms with Crippen molar-refractivity contribution in [3.05, 3.63) is 83.0 Å². The van der Waals surface area contributed by atoms with Gasteiger partial charge in [0.05, 0.1) is 15.8 Å². The highest BCUT2D eigenvalue weighted by Crippen LogP contribution is 2.33. The van der Waals surface area contributed by atoms with Crippen molar-refractivity contribution in [3.63, 3.8) is 0 Å². The molecule has 4 rings (SSSR count). The summed E-state index contributed by atoms with van der Waals surface area (Å²) in [5, 5.41) is 0.507. The number of benzene rings is 3. The highest BCUT2D eigenvalue weighted by molar-refractivity contribution is 7.98. The van der Waals surface area contributed by atoms with Crippen LogP contribution in [-0.4, -0.2) is 20.9 Å². The zero-order chi connectivity index (χ0) is 20.6. The molecule has 1 aromatic heterocycles. The summed E-state index contributed by atoms with van der Waals surface area (Å²) in [7, 11) is -3.31. The summed E-state index contributed by atoms with van der Waals surface area (Å²) in [5.41, 5.74) is 2.23. The molecule has 0 aliphatic heterocycles. The van der Waals surface area contributed by atoms with E-state index < -0.39 is 9.84 Å². The van der Waals surface area contributed by atoms with Gasteiger partial charge in [0, 0.05) is 16.7 Å². The van der Waals surface area contributed by atoms with Gasteiger partial charge >= 0.3 is 0 Å². The lowest BCUT2D eigenvalue weighted by Crippen LogP contribution is -2.07. The Labute approximate surface area is 173 Å². The molecule has 29 heavy (non-hydrogen) atoms. The third kappa shape index (κ3) is 3.73. The molecule has 0 spiro atoms. The molecular weight excluding hydrogens is 404 g/mol. The first-order valence-electron chi connectivity index (χ1n) is 8.89. The van der Waals surface area contributed by atoms with E-state index in [1.807, 2.05) is 36.6 Å². The molecule has 0 saturated carbocycles. The molecule has 0 unspecified atom stereocenters. The smallest absolute Gasteiger partial charge is 0.201 e. The molecule has 0 atom stereocenters. The SMILES string of the molecule is CSc1ccc(-c2c(-c3ccc(S(C)(=O)=O)cc3)oc3ccccc3c2=O)cc1. The second kappa shape index (κ2) is 7.54. The van der Waals surface area contributed by atoms with Gasteiger partial charge in [0.2, 0.25) is 5.43 Å². The van der Waals surface area contributed by atoms with Crippen LogP contribution in [0.5, 0.6) is 0 Å². The largest absolute Gasteiger partial charge is 0.455 e. The van der Waals surface area contributed by atoms with Crippen molar-refractivity contribution < 1.29 is 12.8 Å². The Hall–Kier alpha value is -2.83. The monoisotopic (exact) mass is 422 g/mol. The highest BCUT2D eigenvalue weighted by Gasteiger charge is 2.18. The van der Waals surface area contributed by atoms with E-state index in [-0.39, 0.29) is 10.3 Å². The van der Waals surface area contributed by atoms with Gasteiger partial charge in [0.25, 0.3) is 0 Å². The van der Waals surface area contributed by atoms with E-state index in [0.29, 0.717) is 27.9 Å². The Bertz CT molecular complexity index is 1350. The van der Waals surface area contributed by atoms with Crippen molar-refractivity contribution in [1.29, 1.82) is 0 Å². The van der Waals surface area contributed by atoms with Crippen LogP contribution in [0.25, 0.3) is 33.4 Å². The maximum absolute atomic E-state index is 13.3. The van der Waals surface area contributed by atoms with Crippen molar-refractivity contribution in [2.24, 2.45) is 0 Å². The van der Waals surface area contributed by atoms with Crippen LogP contribution in [0.4, 0.5) is 0 Å². The van der Waals surface area contributed by atoms with Gasteiger partial charge < -0.3 is 4.42 Å². The van der Waals surface area contributed by atoms with Gasteiger partial charge in [-0.15, -0.1) is 11.8 Å². The van der Waals surface area contributed by atoms with Crippen molar-refractivity contribution in [2.75, 3.05) is 12.5 Å². The van der Waals surface area contributed by atoms with E-state index in [1.54, 1.807) is 42.1 Å².